The molecule has 16 heavy (non-hydrogen) atoms. The number of esters is 1. The first-order chi connectivity index (χ1) is 7.77. The first kappa shape index (κ1) is 11.2. The summed E-state index contributed by atoms with van der Waals surface area (Å²) in [6.07, 6.45) is 4.56. The lowest BCUT2D eigenvalue weighted by Crippen LogP contribution is -2.25. The summed E-state index contributed by atoms with van der Waals surface area (Å²) in [5.74, 6) is -0.0556. The van der Waals surface area contributed by atoms with E-state index in [2.05, 4.69) is 19.1 Å². The Morgan fingerprint density at radius 1 is 1.31 bits per heavy atom. The second kappa shape index (κ2) is 4.69. The van der Waals surface area contributed by atoms with Crippen LogP contribution in [0.4, 0.5) is 0 Å². The van der Waals surface area contributed by atoms with Crippen molar-refractivity contribution in [2.24, 2.45) is 0 Å². The van der Waals surface area contributed by atoms with Crippen LogP contribution in [0.5, 0.6) is 0 Å². The van der Waals surface area contributed by atoms with E-state index < -0.39 is 0 Å². The number of hydrogen-bond donors (Lipinski definition) is 0. The van der Waals surface area contributed by atoms with Gasteiger partial charge in [-0.2, -0.15) is 0 Å². The van der Waals surface area contributed by atoms with E-state index in [0.29, 0.717) is 6.42 Å². The molecule has 86 valence electrons. The molecule has 0 N–H and O–H groups in total. The van der Waals surface area contributed by atoms with E-state index >= 15 is 0 Å². The zero-order valence-electron chi connectivity index (χ0n) is 9.74. The Morgan fingerprint density at radius 3 is 2.62 bits per heavy atom. The molecule has 0 bridgehead atoms. The zero-order chi connectivity index (χ0) is 11.4. The van der Waals surface area contributed by atoms with Gasteiger partial charge in [-0.25, -0.2) is 0 Å². The van der Waals surface area contributed by atoms with Crippen LogP contribution >= 0.6 is 0 Å². The van der Waals surface area contributed by atoms with Gasteiger partial charge >= 0.3 is 5.97 Å². The van der Waals surface area contributed by atoms with Gasteiger partial charge in [0.25, 0.3) is 0 Å². The maximum Gasteiger partial charge on any atom is 0.306 e. The monoisotopic (exact) mass is 218 g/mol. The van der Waals surface area contributed by atoms with Gasteiger partial charge < -0.3 is 4.74 Å². The SMILES string of the molecule is CCCCC1(c2ccccc2)CCC(=O)O1. The summed E-state index contributed by atoms with van der Waals surface area (Å²) in [4.78, 5) is 11.4. The van der Waals surface area contributed by atoms with Gasteiger partial charge in [-0.1, -0.05) is 43.7 Å². The van der Waals surface area contributed by atoms with Crippen molar-refractivity contribution >= 4 is 5.97 Å². The maximum absolute atomic E-state index is 11.4. The maximum atomic E-state index is 11.4. The fourth-order valence-electron chi connectivity index (χ4n) is 2.35. The molecule has 0 radical (unpaired) electrons. The summed E-state index contributed by atoms with van der Waals surface area (Å²) in [7, 11) is 0. The molecule has 1 heterocycles. The fraction of sp³-hybridized carbons (Fsp3) is 0.500. The number of unbranched alkanes of at least 4 members (excludes halogenated alkanes) is 1. The van der Waals surface area contributed by atoms with Gasteiger partial charge in [0.2, 0.25) is 0 Å². The zero-order valence-corrected chi connectivity index (χ0v) is 9.74. The highest BCUT2D eigenvalue weighted by atomic mass is 16.6. The highest BCUT2D eigenvalue weighted by molar-refractivity contribution is 5.72. The topological polar surface area (TPSA) is 26.3 Å². The molecule has 0 amide bonds. The van der Waals surface area contributed by atoms with E-state index in [0.717, 1.165) is 31.2 Å². The third kappa shape index (κ3) is 2.11. The molecular weight excluding hydrogens is 200 g/mol. The number of hydrogen-bond acceptors (Lipinski definition) is 2. The summed E-state index contributed by atoms with van der Waals surface area (Å²) in [6.45, 7) is 2.16. The summed E-state index contributed by atoms with van der Waals surface area (Å²) < 4.78 is 5.60. The van der Waals surface area contributed by atoms with Crippen LogP contribution in [-0.2, 0) is 15.1 Å². The quantitative estimate of drug-likeness (QED) is 0.724. The Balaban J connectivity index is 2.24. The summed E-state index contributed by atoms with van der Waals surface area (Å²) >= 11 is 0. The molecule has 1 aliphatic rings. The minimum Gasteiger partial charge on any atom is -0.454 e. The summed E-state index contributed by atoms with van der Waals surface area (Å²) in [5.41, 5.74) is 0.809. The van der Waals surface area contributed by atoms with Crippen LogP contribution in [0.1, 0.15) is 44.6 Å². The van der Waals surface area contributed by atoms with Crippen molar-refractivity contribution in [1.82, 2.24) is 0 Å². The van der Waals surface area contributed by atoms with Crippen LogP contribution in [0, 0.1) is 0 Å². The second-order valence-electron chi connectivity index (χ2n) is 4.44. The molecule has 2 nitrogen and oxygen atoms in total. The molecule has 2 heteroatoms. The average molecular weight is 218 g/mol. The van der Waals surface area contributed by atoms with Crippen LogP contribution in [-0.4, -0.2) is 5.97 Å². The number of cyclic esters (lactones) is 1. The molecule has 0 spiro atoms. The van der Waals surface area contributed by atoms with Crippen molar-refractivity contribution in [3.63, 3.8) is 0 Å². The normalized spacial score (nSPS) is 24.4. The van der Waals surface area contributed by atoms with Gasteiger partial charge in [-0.05, 0) is 18.4 Å². The summed E-state index contributed by atoms with van der Waals surface area (Å²) in [5, 5.41) is 0. The van der Waals surface area contributed by atoms with Gasteiger partial charge in [0.1, 0.15) is 5.60 Å². The highest BCUT2D eigenvalue weighted by Gasteiger charge is 2.41. The Kier molecular flexibility index (Phi) is 3.28. The molecule has 1 fully saturated rings. The largest absolute Gasteiger partial charge is 0.454 e. The van der Waals surface area contributed by atoms with Crippen molar-refractivity contribution in [3.05, 3.63) is 35.9 Å². The van der Waals surface area contributed by atoms with Gasteiger partial charge in [-0.3, -0.25) is 4.79 Å². The third-order valence-electron chi connectivity index (χ3n) is 3.28. The third-order valence-corrected chi connectivity index (χ3v) is 3.28. The van der Waals surface area contributed by atoms with Crippen LogP contribution < -0.4 is 0 Å². The second-order valence-corrected chi connectivity index (χ2v) is 4.44. The van der Waals surface area contributed by atoms with Gasteiger partial charge in [0, 0.05) is 12.8 Å². The van der Waals surface area contributed by atoms with Crippen molar-refractivity contribution in [2.45, 2.75) is 44.6 Å². The van der Waals surface area contributed by atoms with Crippen LogP contribution in [0.15, 0.2) is 30.3 Å². The molecule has 0 aliphatic carbocycles. The molecule has 0 aromatic heterocycles. The van der Waals surface area contributed by atoms with E-state index in [4.69, 9.17) is 4.74 Å². The number of ether oxygens (including phenoxy) is 1. The molecule has 1 aromatic carbocycles. The standard InChI is InChI=1S/C14H18O2/c1-2-3-10-14(11-9-13(15)16-14)12-7-5-4-6-8-12/h4-8H,2-3,9-11H2,1H3. The van der Waals surface area contributed by atoms with Crippen molar-refractivity contribution in [1.29, 1.82) is 0 Å². The molecular formula is C14H18O2. The average Bonchev–Trinajstić information content (AvgIpc) is 2.71. The van der Waals surface area contributed by atoms with Gasteiger partial charge in [0.05, 0.1) is 0 Å². The van der Waals surface area contributed by atoms with Crippen molar-refractivity contribution in [2.75, 3.05) is 0 Å². The number of carbonyl (C=O) groups is 1. The molecule has 1 saturated heterocycles. The molecule has 1 aliphatic heterocycles. The Labute approximate surface area is 96.6 Å². The van der Waals surface area contributed by atoms with Crippen LogP contribution in [0.3, 0.4) is 0 Å². The van der Waals surface area contributed by atoms with E-state index in [1.165, 1.54) is 0 Å². The lowest BCUT2D eigenvalue weighted by molar-refractivity contribution is -0.149. The number of rotatable bonds is 4. The van der Waals surface area contributed by atoms with Crippen LogP contribution in [0.25, 0.3) is 0 Å². The van der Waals surface area contributed by atoms with Gasteiger partial charge in [-0.15, -0.1) is 0 Å². The fourth-order valence-corrected chi connectivity index (χ4v) is 2.35. The predicted molar refractivity (Wildman–Crippen MR) is 63.0 cm³/mol. The lowest BCUT2D eigenvalue weighted by Gasteiger charge is -2.28. The molecule has 0 saturated carbocycles. The smallest absolute Gasteiger partial charge is 0.306 e. The first-order valence-corrected chi connectivity index (χ1v) is 6.04. The Morgan fingerprint density at radius 2 is 2.06 bits per heavy atom. The predicted octanol–water partition coefficient (Wildman–Crippen LogP) is 3.41. The number of benzene rings is 1. The Hall–Kier alpha value is -1.31. The molecule has 1 unspecified atom stereocenters. The van der Waals surface area contributed by atoms with E-state index in [1.807, 2.05) is 18.2 Å². The Bertz CT molecular complexity index is 358. The minimum absolute atomic E-state index is 0.0556. The minimum atomic E-state index is -0.339. The molecule has 1 aromatic rings. The molecule has 2 rings (SSSR count). The van der Waals surface area contributed by atoms with Gasteiger partial charge in [0.15, 0.2) is 0 Å². The van der Waals surface area contributed by atoms with E-state index in [9.17, 15) is 4.79 Å². The first-order valence-electron chi connectivity index (χ1n) is 6.04. The highest BCUT2D eigenvalue weighted by Crippen LogP contribution is 2.40. The van der Waals surface area contributed by atoms with E-state index in [1.54, 1.807) is 0 Å². The molecule has 1 atom stereocenters. The van der Waals surface area contributed by atoms with E-state index in [-0.39, 0.29) is 11.6 Å². The lowest BCUT2D eigenvalue weighted by atomic mass is 9.86. The number of carbonyl (C=O) groups excluding carboxylic acids is 1. The van der Waals surface area contributed by atoms with Crippen molar-refractivity contribution < 1.29 is 9.53 Å². The van der Waals surface area contributed by atoms with Crippen molar-refractivity contribution in [3.8, 4) is 0 Å². The van der Waals surface area contributed by atoms with Crippen LogP contribution in [0.2, 0.25) is 0 Å². The summed E-state index contributed by atoms with van der Waals surface area (Å²) in [6, 6.07) is 10.1.